The fourth-order valence-electron chi connectivity index (χ4n) is 3.32. The number of fused-ring (bicyclic) bond motifs is 2. The molecule has 6 heteroatoms. The van der Waals surface area contributed by atoms with Crippen LogP contribution in [0.1, 0.15) is 51.6 Å². The summed E-state index contributed by atoms with van der Waals surface area (Å²) in [4.78, 5) is 16.9. The van der Waals surface area contributed by atoms with Crippen LogP contribution in [0, 0.1) is 6.92 Å². The van der Waals surface area contributed by atoms with Crippen LogP contribution in [0.3, 0.4) is 0 Å². The predicted octanol–water partition coefficient (Wildman–Crippen LogP) is 3.53. The van der Waals surface area contributed by atoms with Crippen molar-refractivity contribution in [3.63, 3.8) is 0 Å². The number of amides is 1. The van der Waals surface area contributed by atoms with Crippen molar-refractivity contribution in [1.82, 2.24) is 20.5 Å². The Kier molecular flexibility index (Phi) is 4.06. The van der Waals surface area contributed by atoms with Gasteiger partial charge in [-0.05, 0) is 56.4 Å². The zero-order valence-electron chi connectivity index (χ0n) is 13.7. The summed E-state index contributed by atoms with van der Waals surface area (Å²) in [7, 11) is 0. The number of benzene rings is 1. The fourth-order valence-corrected chi connectivity index (χ4v) is 4.13. The van der Waals surface area contributed by atoms with E-state index in [1.54, 1.807) is 11.3 Å². The molecule has 3 aromatic rings. The third kappa shape index (κ3) is 2.94. The lowest BCUT2D eigenvalue weighted by atomic mass is 10.1. The third-order valence-corrected chi connectivity index (χ3v) is 5.52. The first kappa shape index (κ1) is 15.3. The van der Waals surface area contributed by atoms with Crippen molar-refractivity contribution in [2.24, 2.45) is 0 Å². The number of aryl methyl sites for hydroxylation is 2. The molecule has 2 N–H and O–H groups in total. The lowest BCUT2D eigenvalue weighted by Gasteiger charge is -2.06. The van der Waals surface area contributed by atoms with Crippen LogP contribution in [-0.2, 0) is 19.4 Å². The maximum Gasteiger partial charge on any atom is 0.251 e. The summed E-state index contributed by atoms with van der Waals surface area (Å²) in [6.07, 6.45) is 5.81. The lowest BCUT2D eigenvalue weighted by molar-refractivity contribution is 0.0950. The summed E-state index contributed by atoms with van der Waals surface area (Å²) >= 11 is 1.64. The molecule has 0 bridgehead atoms. The molecule has 0 saturated carbocycles. The maximum atomic E-state index is 12.5. The number of aromatic amines is 1. The molecule has 1 amide bonds. The molecule has 124 valence electrons. The van der Waals surface area contributed by atoms with E-state index in [0.717, 1.165) is 33.8 Å². The predicted molar refractivity (Wildman–Crippen MR) is 95.4 cm³/mol. The molecule has 1 aromatic carbocycles. The first-order chi connectivity index (χ1) is 11.7. The molecule has 1 aliphatic carbocycles. The number of hydrogen-bond donors (Lipinski definition) is 2. The van der Waals surface area contributed by atoms with Crippen LogP contribution in [-0.4, -0.2) is 21.1 Å². The maximum absolute atomic E-state index is 12.5. The summed E-state index contributed by atoms with van der Waals surface area (Å²) in [5.41, 5.74) is 5.06. The minimum Gasteiger partial charge on any atom is -0.346 e. The number of nitrogens with one attached hydrogen (secondary N) is 2. The number of carbonyl (C=O) groups is 1. The van der Waals surface area contributed by atoms with Gasteiger partial charge in [-0.2, -0.15) is 5.10 Å². The fraction of sp³-hybridized carbons (Fsp3) is 0.389. The number of hydrogen-bond acceptors (Lipinski definition) is 4. The summed E-state index contributed by atoms with van der Waals surface area (Å²) in [5.74, 6) is -0.0760. The molecule has 0 saturated heterocycles. The molecule has 0 spiro atoms. The van der Waals surface area contributed by atoms with E-state index in [9.17, 15) is 4.79 Å². The van der Waals surface area contributed by atoms with Crippen LogP contribution < -0.4 is 5.32 Å². The Morgan fingerprint density at radius 3 is 3.08 bits per heavy atom. The molecule has 0 unspecified atom stereocenters. The second-order valence-corrected chi connectivity index (χ2v) is 7.52. The van der Waals surface area contributed by atoms with Gasteiger partial charge in [0, 0.05) is 11.3 Å². The molecular weight excluding hydrogens is 320 g/mol. The molecule has 5 nitrogen and oxygen atoms in total. The Morgan fingerprint density at radius 2 is 2.17 bits per heavy atom. The quantitative estimate of drug-likeness (QED) is 0.717. The van der Waals surface area contributed by atoms with E-state index in [1.807, 2.05) is 25.1 Å². The van der Waals surface area contributed by atoms with Crippen molar-refractivity contribution >= 4 is 27.5 Å². The average Bonchev–Trinajstić information content (AvgIpc) is 3.05. The Morgan fingerprint density at radius 1 is 1.29 bits per heavy atom. The number of carbonyl (C=O) groups excluding carboxylic acids is 1. The van der Waals surface area contributed by atoms with Gasteiger partial charge in [0.05, 0.1) is 27.5 Å². The second kappa shape index (κ2) is 6.36. The Hall–Kier alpha value is -2.21. The molecule has 24 heavy (non-hydrogen) atoms. The van der Waals surface area contributed by atoms with E-state index in [4.69, 9.17) is 0 Å². The second-order valence-electron chi connectivity index (χ2n) is 6.29. The van der Waals surface area contributed by atoms with Crippen molar-refractivity contribution in [3.05, 3.63) is 45.7 Å². The molecule has 1 aliphatic rings. The Bertz CT molecular complexity index is 896. The standard InChI is InChI=1S/C18H20N4OS/c1-11-20-15-9-12(7-8-17(15)24-11)18(23)19-10-16-13-5-3-2-4-6-14(13)21-22-16/h7-9H,2-6,10H2,1H3,(H,19,23)(H,21,22). The monoisotopic (exact) mass is 340 g/mol. The van der Waals surface area contributed by atoms with Crippen molar-refractivity contribution in [1.29, 1.82) is 0 Å². The molecule has 4 rings (SSSR count). The number of H-pyrrole nitrogens is 1. The lowest BCUT2D eigenvalue weighted by Crippen LogP contribution is -2.23. The number of thiazole rings is 1. The van der Waals surface area contributed by atoms with Gasteiger partial charge in [0.2, 0.25) is 0 Å². The highest BCUT2D eigenvalue weighted by molar-refractivity contribution is 7.18. The van der Waals surface area contributed by atoms with Crippen molar-refractivity contribution in [3.8, 4) is 0 Å². The van der Waals surface area contributed by atoms with Crippen LogP contribution in [0.2, 0.25) is 0 Å². The summed E-state index contributed by atoms with van der Waals surface area (Å²) in [6, 6.07) is 5.69. The smallest absolute Gasteiger partial charge is 0.251 e. The number of nitrogens with zero attached hydrogens (tertiary/aromatic N) is 2. The molecule has 0 aliphatic heterocycles. The molecule has 0 atom stereocenters. The average molecular weight is 340 g/mol. The van der Waals surface area contributed by atoms with Crippen molar-refractivity contribution in [2.45, 2.75) is 45.6 Å². The Balaban J connectivity index is 1.48. The molecule has 0 fully saturated rings. The molecule has 2 heterocycles. The largest absolute Gasteiger partial charge is 0.346 e. The molecular formula is C18H20N4OS. The SMILES string of the molecule is Cc1nc2cc(C(=O)NCc3n[nH]c4c3CCCCC4)ccc2s1. The van der Waals surface area contributed by atoms with Gasteiger partial charge < -0.3 is 5.32 Å². The van der Waals surface area contributed by atoms with Gasteiger partial charge >= 0.3 is 0 Å². The highest BCUT2D eigenvalue weighted by Crippen LogP contribution is 2.23. The van der Waals surface area contributed by atoms with Crippen molar-refractivity contribution in [2.75, 3.05) is 0 Å². The van der Waals surface area contributed by atoms with Crippen LogP contribution >= 0.6 is 11.3 Å². The van der Waals surface area contributed by atoms with E-state index < -0.39 is 0 Å². The third-order valence-electron chi connectivity index (χ3n) is 4.57. The van der Waals surface area contributed by atoms with Crippen LogP contribution in [0.5, 0.6) is 0 Å². The van der Waals surface area contributed by atoms with E-state index in [2.05, 4.69) is 20.5 Å². The van der Waals surface area contributed by atoms with E-state index >= 15 is 0 Å². The minimum atomic E-state index is -0.0760. The van der Waals surface area contributed by atoms with Crippen LogP contribution in [0.25, 0.3) is 10.2 Å². The van der Waals surface area contributed by atoms with Gasteiger partial charge in [-0.1, -0.05) is 6.42 Å². The zero-order valence-corrected chi connectivity index (χ0v) is 14.5. The van der Waals surface area contributed by atoms with Gasteiger partial charge in [-0.3, -0.25) is 9.89 Å². The van der Waals surface area contributed by atoms with Crippen LogP contribution in [0.15, 0.2) is 18.2 Å². The van der Waals surface area contributed by atoms with Gasteiger partial charge in [0.1, 0.15) is 0 Å². The Labute approximate surface area is 144 Å². The molecule has 0 radical (unpaired) electrons. The normalized spacial score (nSPS) is 14.4. The topological polar surface area (TPSA) is 70.7 Å². The zero-order chi connectivity index (χ0) is 16.5. The molecule has 2 aromatic heterocycles. The van der Waals surface area contributed by atoms with Gasteiger partial charge in [0.25, 0.3) is 5.91 Å². The van der Waals surface area contributed by atoms with E-state index in [0.29, 0.717) is 12.1 Å². The van der Waals surface area contributed by atoms with Crippen LogP contribution in [0.4, 0.5) is 0 Å². The van der Waals surface area contributed by atoms with Gasteiger partial charge in [-0.25, -0.2) is 4.98 Å². The van der Waals surface area contributed by atoms with Crippen molar-refractivity contribution < 1.29 is 4.79 Å². The van der Waals surface area contributed by atoms with Gasteiger partial charge in [-0.15, -0.1) is 11.3 Å². The highest BCUT2D eigenvalue weighted by Gasteiger charge is 2.16. The highest BCUT2D eigenvalue weighted by atomic mass is 32.1. The first-order valence-electron chi connectivity index (χ1n) is 8.41. The van der Waals surface area contributed by atoms with E-state index in [1.165, 1.54) is 30.5 Å². The summed E-state index contributed by atoms with van der Waals surface area (Å²) in [5, 5.41) is 11.6. The first-order valence-corrected chi connectivity index (χ1v) is 9.23. The summed E-state index contributed by atoms with van der Waals surface area (Å²) in [6.45, 7) is 2.45. The van der Waals surface area contributed by atoms with Gasteiger partial charge in [0.15, 0.2) is 0 Å². The minimum absolute atomic E-state index is 0.0760. The number of rotatable bonds is 3. The summed E-state index contributed by atoms with van der Waals surface area (Å²) < 4.78 is 1.11. The number of aromatic nitrogens is 3. The van der Waals surface area contributed by atoms with E-state index in [-0.39, 0.29) is 5.91 Å².